The van der Waals surface area contributed by atoms with Crippen molar-refractivity contribution in [2.45, 2.75) is 25.8 Å². The molecule has 0 aromatic heterocycles. The van der Waals surface area contributed by atoms with Crippen LogP contribution < -0.4 is 10.1 Å². The standard InChI is InChI=1S/C14H17NO6/c1-9-3-2-4-10(7-9)21-6-5-12(16)15-11(14(19)20)8-13(17)18/h2-4,7,11H,5-6,8H2,1H3,(H,15,16)(H,17,18)(H,19,20)/t11-/m0/s1. The van der Waals surface area contributed by atoms with Crippen LogP contribution in [-0.2, 0) is 14.4 Å². The van der Waals surface area contributed by atoms with E-state index in [4.69, 9.17) is 14.9 Å². The predicted octanol–water partition coefficient (Wildman–Crippen LogP) is 0.808. The molecule has 1 aromatic rings. The van der Waals surface area contributed by atoms with Crippen LogP contribution in [0, 0.1) is 6.92 Å². The third-order valence-corrected chi connectivity index (χ3v) is 2.60. The molecule has 3 N–H and O–H groups in total. The van der Waals surface area contributed by atoms with Crippen LogP contribution in [0.4, 0.5) is 0 Å². The normalized spacial score (nSPS) is 11.5. The van der Waals surface area contributed by atoms with Gasteiger partial charge in [0.1, 0.15) is 11.8 Å². The number of nitrogens with one attached hydrogen (secondary N) is 1. The number of amides is 1. The Bertz CT molecular complexity index is 528. The SMILES string of the molecule is Cc1cccc(OCCC(=O)N[C@@H](CC(=O)O)C(=O)O)c1. The average molecular weight is 295 g/mol. The van der Waals surface area contributed by atoms with Gasteiger partial charge in [-0.3, -0.25) is 9.59 Å². The van der Waals surface area contributed by atoms with Gasteiger partial charge in [0, 0.05) is 0 Å². The maximum atomic E-state index is 11.5. The average Bonchev–Trinajstić information content (AvgIpc) is 2.37. The quantitative estimate of drug-likeness (QED) is 0.654. The fourth-order valence-corrected chi connectivity index (χ4v) is 1.61. The first-order valence-electron chi connectivity index (χ1n) is 6.32. The lowest BCUT2D eigenvalue weighted by Gasteiger charge is -2.12. The van der Waals surface area contributed by atoms with Crippen molar-refractivity contribution < 1.29 is 29.3 Å². The highest BCUT2D eigenvalue weighted by Gasteiger charge is 2.22. The number of rotatable bonds is 8. The molecule has 0 fully saturated rings. The lowest BCUT2D eigenvalue weighted by atomic mass is 10.2. The Morgan fingerprint density at radius 3 is 2.57 bits per heavy atom. The molecule has 1 aromatic carbocycles. The fourth-order valence-electron chi connectivity index (χ4n) is 1.61. The smallest absolute Gasteiger partial charge is 0.326 e. The first-order valence-corrected chi connectivity index (χ1v) is 6.32. The first-order chi connectivity index (χ1) is 9.88. The number of aliphatic carboxylic acids is 2. The number of carboxylic acid groups (broad SMARTS) is 2. The van der Waals surface area contributed by atoms with Crippen LogP contribution in [-0.4, -0.2) is 40.7 Å². The van der Waals surface area contributed by atoms with E-state index in [0.717, 1.165) is 5.56 Å². The molecule has 0 heterocycles. The van der Waals surface area contributed by atoms with Gasteiger partial charge >= 0.3 is 11.9 Å². The molecule has 1 atom stereocenters. The van der Waals surface area contributed by atoms with Crippen LogP contribution in [0.1, 0.15) is 18.4 Å². The second kappa shape index (κ2) is 7.88. The molecule has 0 saturated carbocycles. The third kappa shape index (κ3) is 6.42. The summed E-state index contributed by atoms with van der Waals surface area (Å²) in [5.41, 5.74) is 1.02. The van der Waals surface area contributed by atoms with E-state index in [1.807, 2.05) is 25.1 Å². The largest absolute Gasteiger partial charge is 0.493 e. The van der Waals surface area contributed by atoms with Gasteiger partial charge < -0.3 is 20.3 Å². The maximum Gasteiger partial charge on any atom is 0.326 e. The highest BCUT2D eigenvalue weighted by Crippen LogP contribution is 2.12. The minimum atomic E-state index is -1.44. The van der Waals surface area contributed by atoms with Crippen molar-refractivity contribution in [3.05, 3.63) is 29.8 Å². The topological polar surface area (TPSA) is 113 Å². The van der Waals surface area contributed by atoms with Crippen molar-refractivity contribution in [2.75, 3.05) is 6.61 Å². The molecule has 0 aliphatic heterocycles. The summed E-state index contributed by atoms with van der Waals surface area (Å²) in [4.78, 5) is 32.8. The van der Waals surface area contributed by atoms with Crippen LogP contribution in [0.5, 0.6) is 5.75 Å². The minimum Gasteiger partial charge on any atom is -0.493 e. The van der Waals surface area contributed by atoms with Crippen molar-refractivity contribution in [2.24, 2.45) is 0 Å². The van der Waals surface area contributed by atoms with Crippen molar-refractivity contribution in [1.29, 1.82) is 0 Å². The summed E-state index contributed by atoms with van der Waals surface area (Å²) in [6.07, 6.45) is -0.725. The van der Waals surface area contributed by atoms with Crippen LogP contribution in [0.25, 0.3) is 0 Å². The maximum absolute atomic E-state index is 11.5. The summed E-state index contributed by atoms with van der Waals surface area (Å²) >= 11 is 0. The first kappa shape index (κ1) is 16.5. The molecule has 7 nitrogen and oxygen atoms in total. The van der Waals surface area contributed by atoms with Crippen molar-refractivity contribution in [1.82, 2.24) is 5.32 Å². The zero-order valence-electron chi connectivity index (χ0n) is 11.5. The van der Waals surface area contributed by atoms with E-state index in [2.05, 4.69) is 5.32 Å². The lowest BCUT2D eigenvalue weighted by molar-refractivity contribution is -0.147. The lowest BCUT2D eigenvalue weighted by Crippen LogP contribution is -2.42. The Hall–Kier alpha value is -2.57. The predicted molar refractivity (Wildman–Crippen MR) is 73.1 cm³/mol. The molecule has 0 radical (unpaired) electrons. The van der Waals surface area contributed by atoms with Gasteiger partial charge in [0.25, 0.3) is 0 Å². The fraction of sp³-hybridized carbons (Fsp3) is 0.357. The van der Waals surface area contributed by atoms with Crippen LogP contribution in [0.3, 0.4) is 0 Å². The molecule has 114 valence electrons. The molecule has 0 aliphatic carbocycles. The Kier molecular flexibility index (Phi) is 6.19. The number of hydrogen-bond donors (Lipinski definition) is 3. The summed E-state index contributed by atoms with van der Waals surface area (Å²) in [5, 5.41) is 19.5. The summed E-state index contributed by atoms with van der Waals surface area (Å²) in [6, 6.07) is 5.84. The monoisotopic (exact) mass is 295 g/mol. The van der Waals surface area contributed by atoms with Gasteiger partial charge in [-0.05, 0) is 24.6 Å². The van der Waals surface area contributed by atoms with E-state index in [1.165, 1.54) is 0 Å². The Balaban J connectivity index is 2.39. The van der Waals surface area contributed by atoms with Gasteiger partial charge in [-0.15, -0.1) is 0 Å². The van der Waals surface area contributed by atoms with E-state index >= 15 is 0 Å². The molecular weight excluding hydrogens is 278 g/mol. The molecule has 21 heavy (non-hydrogen) atoms. The summed E-state index contributed by atoms with van der Waals surface area (Å²) < 4.78 is 5.36. The molecule has 0 bridgehead atoms. The van der Waals surface area contributed by atoms with E-state index in [0.29, 0.717) is 5.75 Å². The number of hydrogen-bond acceptors (Lipinski definition) is 4. The van der Waals surface area contributed by atoms with Gasteiger partial charge in [0.15, 0.2) is 0 Å². The molecule has 0 spiro atoms. The van der Waals surface area contributed by atoms with E-state index in [9.17, 15) is 14.4 Å². The highest BCUT2D eigenvalue weighted by atomic mass is 16.5. The molecule has 0 aliphatic rings. The number of benzene rings is 1. The van der Waals surface area contributed by atoms with Crippen molar-refractivity contribution in [3.8, 4) is 5.75 Å². The zero-order valence-corrected chi connectivity index (χ0v) is 11.5. The van der Waals surface area contributed by atoms with Gasteiger partial charge in [-0.1, -0.05) is 12.1 Å². The molecule has 7 heteroatoms. The Labute approximate surface area is 121 Å². The second-order valence-corrected chi connectivity index (χ2v) is 4.47. The van der Waals surface area contributed by atoms with Gasteiger partial charge in [0.05, 0.1) is 19.4 Å². The molecule has 0 unspecified atom stereocenters. The van der Waals surface area contributed by atoms with E-state index in [-0.39, 0.29) is 13.0 Å². The van der Waals surface area contributed by atoms with E-state index in [1.54, 1.807) is 6.07 Å². The van der Waals surface area contributed by atoms with Gasteiger partial charge in [-0.2, -0.15) is 0 Å². The number of carbonyl (C=O) groups is 3. The third-order valence-electron chi connectivity index (χ3n) is 2.60. The zero-order chi connectivity index (χ0) is 15.8. The number of aryl methyl sites for hydroxylation is 1. The Morgan fingerprint density at radius 1 is 1.29 bits per heavy atom. The molecular formula is C14H17NO6. The van der Waals surface area contributed by atoms with E-state index < -0.39 is 30.3 Å². The summed E-state index contributed by atoms with van der Waals surface area (Å²) in [5.74, 6) is -2.64. The number of carboxylic acids is 2. The minimum absolute atomic E-state index is 0.0582. The highest BCUT2D eigenvalue weighted by molar-refractivity contribution is 5.86. The summed E-state index contributed by atoms with van der Waals surface area (Å²) in [6.45, 7) is 1.98. The number of ether oxygens (including phenoxy) is 1. The molecule has 1 rings (SSSR count). The van der Waals surface area contributed by atoms with Crippen LogP contribution in [0.2, 0.25) is 0 Å². The van der Waals surface area contributed by atoms with Gasteiger partial charge in [0.2, 0.25) is 5.91 Å². The van der Waals surface area contributed by atoms with Crippen LogP contribution >= 0.6 is 0 Å². The van der Waals surface area contributed by atoms with Crippen molar-refractivity contribution in [3.63, 3.8) is 0 Å². The summed E-state index contributed by atoms with van der Waals surface area (Å²) in [7, 11) is 0. The Morgan fingerprint density at radius 2 is 2.00 bits per heavy atom. The van der Waals surface area contributed by atoms with Crippen molar-refractivity contribution >= 4 is 17.8 Å². The van der Waals surface area contributed by atoms with Crippen LogP contribution in [0.15, 0.2) is 24.3 Å². The molecule has 1 amide bonds. The molecule has 0 saturated heterocycles. The number of carbonyl (C=O) groups excluding carboxylic acids is 1. The second-order valence-electron chi connectivity index (χ2n) is 4.47. The van der Waals surface area contributed by atoms with Gasteiger partial charge in [-0.25, -0.2) is 4.79 Å².